The summed E-state index contributed by atoms with van der Waals surface area (Å²) < 4.78 is 22.9. The number of benzene rings is 1. The van der Waals surface area contributed by atoms with Gasteiger partial charge in [-0.05, 0) is 17.7 Å². The van der Waals surface area contributed by atoms with Crippen molar-refractivity contribution in [3.05, 3.63) is 29.8 Å². The maximum absolute atomic E-state index is 11.5. The molecule has 0 aliphatic carbocycles. The molecule has 0 fully saturated rings. The van der Waals surface area contributed by atoms with E-state index in [9.17, 15) is 13.2 Å². The Morgan fingerprint density at radius 1 is 1.33 bits per heavy atom. The minimum absolute atomic E-state index is 0.0616. The second-order valence-corrected chi connectivity index (χ2v) is 5.41. The van der Waals surface area contributed by atoms with Crippen molar-refractivity contribution < 1.29 is 13.2 Å². The van der Waals surface area contributed by atoms with Crippen molar-refractivity contribution in [1.82, 2.24) is 0 Å². The van der Waals surface area contributed by atoms with E-state index in [1.807, 2.05) is 0 Å². The summed E-state index contributed by atoms with van der Waals surface area (Å²) in [5.41, 5.74) is 6.08. The molecular weight excluding hydrogens is 214 g/mol. The first-order valence-corrected chi connectivity index (χ1v) is 6.20. The molecule has 0 aliphatic heterocycles. The smallest absolute Gasteiger partial charge is 0.178 e. The van der Waals surface area contributed by atoms with E-state index in [0.29, 0.717) is 11.8 Å². The molecule has 4 nitrogen and oxygen atoms in total. The zero-order chi connectivity index (χ0) is 11.5. The molecule has 0 bridgehead atoms. The van der Waals surface area contributed by atoms with Gasteiger partial charge in [-0.3, -0.25) is 0 Å². The van der Waals surface area contributed by atoms with E-state index in [4.69, 9.17) is 5.73 Å². The average molecular weight is 227 g/mol. The van der Waals surface area contributed by atoms with Crippen LogP contribution in [-0.2, 0) is 14.6 Å². The number of carbonyl (C=O) groups is 1. The van der Waals surface area contributed by atoms with Crippen LogP contribution in [0.15, 0.2) is 29.2 Å². The molecule has 0 spiro atoms. The van der Waals surface area contributed by atoms with Gasteiger partial charge in [-0.25, -0.2) is 8.42 Å². The normalized spacial score (nSPS) is 13.5. The van der Waals surface area contributed by atoms with Gasteiger partial charge in [-0.15, -0.1) is 0 Å². The Bertz CT molecular complexity index is 436. The highest BCUT2D eigenvalue weighted by Crippen LogP contribution is 2.14. The number of rotatable bonds is 4. The van der Waals surface area contributed by atoms with Gasteiger partial charge in [0.15, 0.2) is 9.84 Å². The van der Waals surface area contributed by atoms with Crippen LogP contribution in [-0.4, -0.2) is 20.5 Å². The van der Waals surface area contributed by atoms with E-state index in [1.54, 1.807) is 19.1 Å². The summed E-state index contributed by atoms with van der Waals surface area (Å²) in [6.45, 7) is 1.58. The molecule has 0 saturated carbocycles. The number of aldehydes is 1. The lowest BCUT2D eigenvalue weighted by molar-refractivity contribution is -0.109. The first-order chi connectivity index (χ1) is 7.01. The standard InChI is InChI=1S/C10H13NO3S/c1-2-15(13,14)9-5-3-8(4-6-9)10(11)7-12/h3-7,10H,2,11H2,1H3. The third-order valence-electron chi connectivity index (χ3n) is 2.15. The highest BCUT2D eigenvalue weighted by molar-refractivity contribution is 7.91. The van der Waals surface area contributed by atoms with Crippen LogP contribution in [0.4, 0.5) is 0 Å². The van der Waals surface area contributed by atoms with E-state index >= 15 is 0 Å². The fourth-order valence-electron chi connectivity index (χ4n) is 1.14. The third kappa shape index (κ3) is 2.64. The summed E-state index contributed by atoms with van der Waals surface area (Å²) in [4.78, 5) is 10.7. The molecule has 0 saturated heterocycles. The van der Waals surface area contributed by atoms with E-state index in [1.165, 1.54) is 12.1 Å². The molecule has 1 rings (SSSR count). The first kappa shape index (κ1) is 11.9. The van der Waals surface area contributed by atoms with Crippen LogP contribution >= 0.6 is 0 Å². The summed E-state index contributed by atoms with van der Waals surface area (Å²) in [5.74, 6) is 0.0616. The SMILES string of the molecule is CCS(=O)(=O)c1ccc(C(N)C=O)cc1. The summed E-state index contributed by atoms with van der Waals surface area (Å²) >= 11 is 0. The maximum atomic E-state index is 11.5. The Morgan fingerprint density at radius 2 is 1.87 bits per heavy atom. The zero-order valence-corrected chi connectivity index (χ0v) is 9.20. The van der Waals surface area contributed by atoms with Gasteiger partial charge in [-0.1, -0.05) is 19.1 Å². The van der Waals surface area contributed by atoms with E-state index in [-0.39, 0.29) is 10.6 Å². The lowest BCUT2D eigenvalue weighted by Crippen LogP contribution is -2.11. The van der Waals surface area contributed by atoms with Crippen molar-refractivity contribution in [2.45, 2.75) is 17.9 Å². The fraction of sp³-hybridized carbons (Fsp3) is 0.300. The van der Waals surface area contributed by atoms with Crippen molar-refractivity contribution in [2.24, 2.45) is 5.73 Å². The molecule has 82 valence electrons. The van der Waals surface area contributed by atoms with Crippen molar-refractivity contribution in [3.8, 4) is 0 Å². The molecule has 5 heteroatoms. The fourth-order valence-corrected chi connectivity index (χ4v) is 2.03. The van der Waals surface area contributed by atoms with Gasteiger partial charge in [0.25, 0.3) is 0 Å². The minimum Gasteiger partial charge on any atom is -0.318 e. The third-order valence-corrected chi connectivity index (χ3v) is 3.90. The van der Waals surface area contributed by atoms with E-state index in [0.717, 1.165) is 0 Å². The minimum atomic E-state index is -3.18. The average Bonchev–Trinajstić information content (AvgIpc) is 2.28. The molecule has 0 radical (unpaired) electrons. The van der Waals surface area contributed by atoms with Crippen molar-refractivity contribution in [1.29, 1.82) is 0 Å². The Hall–Kier alpha value is -1.20. The molecule has 1 unspecified atom stereocenters. The summed E-state index contributed by atoms with van der Waals surface area (Å²) in [6, 6.07) is 5.36. The molecule has 0 heterocycles. The molecule has 0 aromatic heterocycles. The van der Waals surface area contributed by atoms with Gasteiger partial charge >= 0.3 is 0 Å². The van der Waals surface area contributed by atoms with Crippen molar-refractivity contribution in [2.75, 3.05) is 5.75 Å². The molecule has 1 aromatic carbocycles. The zero-order valence-electron chi connectivity index (χ0n) is 8.38. The molecule has 1 atom stereocenters. The van der Waals surface area contributed by atoms with Gasteiger partial charge in [0.2, 0.25) is 0 Å². The van der Waals surface area contributed by atoms with Gasteiger partial charge in [0.05, 0.1) is 16.7 Å². The lowest BCUT2D eigenvalue weighted by atomic mass is 10.1. The Balaban J connectivity index is 3.05. The predicted octanol–water partition coefficient (Wildman–Crippen LogP) is 0.679. The van der Waals surface area contributed by atoms with Gasteiger partial charge in [-0.2, -0.15) is 0 Å². The van der Waals surface area contributed by atoms with Gasteiger partial charge in [0.1, 0.15) is 6.29 Å². The summed E-state index contributed by atoms with van der Waals surface area (Å²) in [7, 11) is -3.18. The molecule has 0 aliphatic rings. The van der Waals surface area contributed by atoms with E-state index in [2.05, 4.69) is 0 Å². The summed E-state index contributed by atoms with van der Waals surface area (Å²) in [6.07, 6.45) is 0.614. The predicted molar refractivity (Wildman–Crippen MR) is 57.2 cm³/mol. The molecule has 1 aromatic rings. The molecule has 2 N–H and O–H groups in total. The maximum Gasteiger partial charge on any atom is 0.178 e. The number of sulfone groups is 1. The topological polar surface area (TPSA) is 77.2 Å². The second kappa shape index (κ2) is 4.55. The molecule has 15 heavy (non-hydrogen) atoms. The Labute approximate surface area is 89.0 Å². The van der Waals surface area contributed by atoms with Crippen molar-refractivity contribution in [3.63, 3.8) is 0 Å². The van der Waals surface area contributed by atoms with Gasteiger partial charge < -0.3 is 10.5 Å². The van der Waals surface area contributed by atoms with Crippen LogP contribution < -0.4 is 5.73 Å². The number of hydrogen-bond acceptors (Lipinski definition) is 4. The van der Waals surface area contributed by atoms with Crippen LogP contribution in [0.25, 0.3) is 0 Å². The van der Waals surface area contributed by atoms with Crippen LogP contribution in [0.1, 0.15) is 18.5 Å². The highest BCUT2D eigenvalue weighted by Gasteiger charge is 2.11. The first-order valence-electron chi connectivity index (χ1n) is 4.55. The van der Waals surface area contributed by atoms with Crippen molar-refractivity contribution >= 4 is 16.1 Å². The number of hydrogen-bond donors (Lipinski definition) is 1. The summed E-state index contributed by atoms with van der Waals surface area (Å²) in [5, 5.41) is 0. The lowest BCUT2D eigenvalue weighted by Gasteiger charge is -2.05. The largest absolute Gasteiger partial charge is 0.318 e. The van der Waals surface area contributed by atoms with Crippen LogP contribution in [0, 0.1) is 0 Å². The van der Waals surface area contributed by atoms with Crippen LogP contribution in [0.5, 0.6) is 0 Å². The van der Waals surface area contributed by atoms with E-state index < -0.39 is 15.9 Å². The Morgan fingerprint density at radius 3 is 2.27 bits per heavy atom. The number of carbonyl (C=O) groups excluding carboxylic acids is 1. The second-order valence-electron chi connectivity index (χ2n) is 3.13. The highest BCUT2D eigenvalue weighted by atomic mass is 32.2. The van der Waals surface area contributed by atoms with Gasteiger partial charge in [0, 0.05) is 0 Å². The van der Waals surface area contributed by atoms with Crippen LogP contribution in [0.3, 0.4) is 0 Å². The number of nitrogens with two attached hydrogens (primary N) is 1. The van der Waals surface area contributed by atoms with Crippen LogP contribution in [0.2, 0.25) is 0 Å². The Kier molecular flexibility index (Phi) is 3.60. The monoisotopic (exact) mass is 227 g/mol. The molecule has 0 amide bonds. The quantitative estimate of drug-likeness (QED) is 0.767. The molecular formula is C10H13NO3S.